The van der Waals surface area contributed by atoms with Gasteiger partial charge in [0, 0.05) is 25.3 Å². The van der Waals surface area contributed by atoms with Crippen LogP contribution in [0.5, 0.6) is 5.75 Å². The fourth-order valence-electron chi connectivity index (χ4n) is 5.28. The first-order chi connectivity index (χ1) is 16.8. The zero-order valence-electron chi connectivity index (χ0n) is 20.1. The van der Waals surface area contributed by atoms with Crippen LogP contribution < -0.4 is 10.1 Å². The van der Waals surface area contributed by atoms with Crippen LogP contribution in [-0.2, 0) is 5.54 Å². The summed E-state index contributed by atoms with van der Waals surface area (Å²) in [5.74, 6) is -0.602. The number of piperazine rings is 1. The van der Waals surface area contributed by atoms with Crippen molar-refractivity contribution < 1.29 is 13.5 Å². The molecule has 6 nitrogen and oxygen atoms in total. The quantitative estimate of drug-likeness (QED) is 0.566. The smallest absolute Gasteiger partial charge is 0.159 e. The van der Waals surface area contributed by atoms with Gasteiger partial charge in [-0.1, -0.05) is 12.1 Å². The molecule has 2 unspecified atom stereocenters. The maximum Gasteiger partial charge on any atom is 0.159 e. The maximum atomic E-state index is 14.1. The van der Waals surface area contributed by atoms with Gasteiger partial charge in [0.1, 0.15) is 11.6 Å². The molecular weight excluding hydrogens is 448 g/mol. The van der Waals surface area contributed by atoms with Gasteiger partial charge in [0.2, 0.25) is 0 Å². The molecular formula is C27H29F2N5O. The number of benzene rings is 2. The number of aryl methyl sites for hydroxylation is 1. The van der Waals surface area contributed by atoms with Crippen molar-refractivity contribution in [2.45, 2.75) is 38.3 Å². The van der Waals surface area contributed by atoms with Crippen LogP contribution in [0.2, 0.25) is 0 Å². The summed E-state index contributed by atoms with van der Waals surface area (Å²) >= 11 is 0. The Kier molecular flexibility index (Phi) is 5.92. The average Bonchev–Trinajstić information content (AvgIpc) is 3.28. The second-order valence-electron chi connectivity index (χ2n) is 9.47. The van der Waals surface area contributed by atoms with E-state index in [0.29, 0.717) is 23.7 Å². The van der Waals surface area contributed by atoms with Gasteiger partial charge in [-0.15, -0.1) is 0 Å². The highest BCUT2D eigenvalue weighted by Crippen LogP contribution is 2.39. The minimum Gasteiger partial charge on any atom is -0.495 e. The Labute approximate surface area is 203 Å². The second kappa shape index (κ2) is 8.92. The molecule has 8 heteroatoms. The Bertz CT molecular complexity index is 1320. The molecule has 2 aliphatic rings. The van der Waals surface area contributed by atoms with Gasteiger partial charge < -0.3 is 19.5 Å². The van der Waals surface area contributed by atoms with Gasteiger partial charge >= 0.3 is 0 Å². The fourth-order valence-corrected chi connectivity index (χ4v) is 5.28. The molecule has 1 aromatic heterocycles. The van der Waals surface area contributed by atoms with Gasteiger partial charge in [-0.25, -0.2) is 13.8 Å². The topological polar surface area (TPSA) is 66.2 Å². The summed E-state index contributed by atoms with van der Waals surface area (Å²) in [6.45, 7) is 5.22. The molecule has 182 valence electrons. The zero-order valence-corrected chi connectivity index (χ0v) is 20.1. The molecule has 0 spiro atoms. The van der Waals surface area contributed by atoms with Gasteiger partial charge in [-0.2, -0.15) is 0 Å². The standard InChI is InChI=1S/C27H29F2N5O/c1-17-14-33(16-32-17)24-9-4-18(11-25(24)35-3)10-19-5-7-21-13-31-15-27(2,34(21)26(19)30)20-6-8-22(28)23(29)12-20/h4,6,8-12,14,16,21,30-31H,5,7,13,15H2,1-3H3/b19-10+,30-26?. The van der Waals surface area contributed by atoms with Gasteiger partial charge in [-0.3, -0.25) is 5.41 Å². The number of hydrogen-bond acceptors (Lipinski definition) is 4. The van der Waals surface area contributed by atoms with Crippen molar-refractivity contribution in [2.75, 3.05) is 20.2 Å². The van der Waals surface area contributed by atoms with Crippen molar-refractivity contribution in [3.63, 3.8) is 0 Å². The van der Waals surface area contributed by atoms with E-state index in [0.717, 1.165) is 41.9 Å². The number of nitrogens with one attached hydrogen (secondary N) is 2. The molecule has 0 bridgehead atoms. The molecule has 0 amide bonds. The van der Waals surface area contributed by atoms with E-state index in [-0.39, 0.29) is 6.04 Å². The predicted octanol–water partition coefficient (Wildman–Crippen LogP) is 4.81. The van der Waals surface area contributed by atoms with Crippen LogP contribution in [0.25, 0.3) is 11.8 Å². The number of nitrogens with zero attached hydrogens (tertiary/aromatic N) is 3. The molecule has 2 fully saturated rings. The molecule has 0 aliphatic carbocycles. The summed E-state index contributed by atoms with van der Waals surface area (Å²) in [5, 5.41) is 12.6. The fraction of sp³-hybridized carbons (Fsp3) is 0.333. The van der Waals surface area contributed by atoms with E-state index in [1.165, 1.54) is 12.1 Å². The number of fused-ring (bicyclic) bond motifs is 1. The van der Waals surface area contributed by atoms with Crippen LogP contribution in [0.4, 0.5) is 8.78 Å². The normalized spacial score (nSPS) is 23.5. The lowest BCUT2D eigenvalue weighted by molar-refractivity contribution is 0.0830. The van der Waals surface area contributed by atoms with Crippen LogP contribution in [0.1, 0.15) is 36.6 Å². The van der Waals surface area contributed by atoms with E-state index in [4.69, 9.17) is 10.1 Å². The summed E-state index contributed by atoms with van der Waals surface area (Å²) in [6.07, 6.45) is 7.35. The van der Waals surface area contributed by atoms with E-state index in [1.54, 1.807) is 19.5 Å². The van der Waals surface area contributed by atoms with Crippen LogP contribution >= 0.6 is 0 Å². The third-order valence-electron chi connectivity index (χ3n) is 7.11. The lowest BCUT2D eigenvalue weighted by Crippen LogP contribution is -2.65. The van der Waals surface area contributed by atoms with Crippen molar-refractivity contribution in [3.8, 4) is 11.4 Å². The predicted molar refractivity (Wildman–Crippen MR) is 132 cm³/mol. The summed E-state index contributed by atoms with van der Waals surface area (Å²) in [4.78, 5) is 6.37. The SMILES string of the molecule is COc1cc(/C=C2\CCC3CNCC(C)(c4ccc(F)c(F)c4)N3C2=N)ccc1-n1cnc(C)c1. The number of piperidine rings is 1. The van der Waals surface area contributed by atoms with E-state index < -0.39 is 17.2 Å². The van der Waals surface area contributed by atoms with Gasteiger partial charge in [0.15, 0.2) is 11.6 Å². The number of methoxy groups -OCH3 is 1. The minimum atomic E-state index is -0.870. The first kappa shape index (κ1) is 23.2. The Balaban J connectivity index is 1.49. The summed E-state index contributed by atoms with van der Waals surface area (Å²) in [7, 11) is 1.64. The molecule has 0 radical (unpaired) electrons. The zero-order chi connectivity index (χ0) is 24.7. The van der Waals surface area contributed by atoms with Gasteiger partial charge in [0.25, 0.3) is 0 Å². The summed E-state index contributed by atoms with van der Waals surface area (Å²) in [5.41, 5.74) is 3.64. The average molecular weight is 478 g/mol. The van der Waals surface area contributed by atoms with E-state index in [1.807, 2.05) is 48.9 Å². The van der Waals surface area contributed by atoms with Crippen LogP contribution in [0.15, 0.2) is 54.5 Å². The number of amidine groups is 1. The van der Waals surface area contributed by atoms with Crippen molar-refractivity contribution in [1.29, 1.82) is 5.41 Å². The van der Waals surface area contributed by atoms with E-state index in [9.17, 15) is 8.78 Å². The highest BCUT2D eigenvalue weighted by Gasteiger charge is 2.45. The molecule has 3 heterocycles. The van der Waals surface area contributed by atoms with Gasteiger partial charge in [-0.05, 0) is 73.7 Å². The van der Waals surface area contributed by atoms with E-state index in [2.05, 4.69) is 15.2 Å². The Morgan fingerprint density at radius 3 is 2.74 bits per heavy atom. The molecule has 2 N–H and O–H groups in total. The molecule has 0 saturated carbocycles. The first-order valence-electron chi connectivity index (χ1n) is 11.7. The number of halogens is 2. The number of hydrogen-bond donors (Lipinski definition) is 2. The molecule has 5 rings (SSSR count). The summed E-state index contributed by atoms with van der Waals surface area (Å²) in [6, 6.07) is 10.1. The van der Waals surface area contributed by atoms with Gasteiger partial charge in [0.05, 0.1) is 30.4 Å². The largest absolute Gasteiger partial charge is 0.495 e. The monoisotopic (exact) mass is 477 g/mol. The second-order valence-corrected chi connectivity index (χ2v) is 9.47. The van der Waals surface area contributed by atoms with E-state index >= 15 is 0 Å². The number of imidazole rings is 1. The molecule has 2 aromatic carbocycles. The lowest BCUT2D eigenvalue weighted by atomic mass is 9.81. The highest BCUT2D eigenvalue weighted by atomic mass is 19.2. The third kappa shape index (κ3) is 4.12. The van der Waals surface area contributed by atoms with Crippen LogP contribution in [0.3, 0.4) is 0 Å². The summed E-state index contributed by atoms with van der Waals surface area (Å²) < 4.78 is 35.3. The first-order valence-corrected chi connectivity index (χ1v) is 11.7. The van der Waals surface area contributed by atoms with Crippen molar-refractivity contribution in [2.24, 2.45) is 0 Å². The molecule has 2 atom stereocenters. The minimum absolute atomic E-state index is 0.105. The highest BCUT2D eigenvalue weighted by molar-refractivity contribution is 6.01. The van der Waals surface area contributed by atoms with Crippen molar-refractivity contribution in [1.82, 2.24) is 19.8 Å². The Morgan fingerprint density at radius 2 is 2.03 bits per heavy atom. The number of aromatic nitrogens is 2. The van der Waals surface area contributed by atoms with Crippen LogP contribution in [-0.4, -0.2) is 46.5 Å². The number of ether oxygens (including phenoxy) is 1. The third-order valence-corrected chi connectivity index (χ3v) is 7.11. The van der Waals surface area contributed by atoms with Crippen molar-refractivity contribution in [3.05, 3.63) is 83.0 Å². The maximum absolute atomic E-state index is 14.1. The van der Waals surface area contributed by atoms with Crippen LogP contribution in [0, 0.1) is 24.0 Å². The Morgan fingerprint density at radius 1 is 1.20 bits per heavy atom. The molecule has 2 aliphatic heterocycles. The molecule has 3 aromatic rings. The Hall–Kier alpha value is -3.52. The molecule has 35 heavy (non-hydrogen) atoms. The molecule has 2 saturated heterocycles. The number of rotatable bonds is 4. The lowest BCUT2D eigenvalue weighted by Gasteiger charge is -2.54. The van der Waals surface area contributed by atoms with Crippen molar-refractivity contribution >= 4 is 11.9 Å².